The van der Waals surface area contributed by atoms with Gasteiger partial charge in [-0.05, 0) is 48.4 Å². The van der Waals surface area contributed by atoms with Crippen LogP contribution in [0.25, 0.3) is 5.57 Å². The van der Waals surface area contributed by atoms with Gasteiger partial charge in [0.25, 0.3) is 5.91 Å². The first-order chi connectivity index (χ1) is 12.3. The summed E-state index contributed by atoms with van der Waals surface area (Å²) >= 11 is 0. The molecule has 0 heterocycles. The Labute approximate surface area is 149 Å². The van der Waals surface area contributed by atoms with Crippen molar-refractivity contribution in [3.63, 3.8) is 0 Å². The summed E-state index contributed by atoms with van der Waals surface area (Å²) in [6.45, 7) is 1.41. The van der Waals surface area contributed by atoms with E-state index in [1.165, 1.54) is 36.4 Å². The van der Waals surface area contributed by atoms with Gasteiger partial charge >= 0.3 is 5.97 Å². The molecule has 0 atom stereocenters. The van der Waals surface area contributed by atoms with Gasteiger partial charge in [0.2, 0.25) is 5.91 Å². The molecule has 0 spiro atoms. The Morgan fingerprint density at radius 2 is 1.81 bits per heavy atom. The minimum atomic E-state index is -0.665. The van der Waals surface area contributed by atoms with E-state index in [0.29, 0.717) is 11.1 Å². The van der Waals surface area contributed by atoms with Crippen LogP contribution < -0.4 is 15.8 Å². The Kier molecular flexibility index (Phi) is 6.21. The number of allylic oxidation sites excluding steroid dienone is 1. The Balaban J connectivity index is 2.05. The zero-order valence-corrected chi connectivity index (χ0v) is 14.0. The summed E-state index contributed by atoms with van der Waals surface area (Å²) < 4.78 is 18.1. The summed E-state index contributed by atoms with van der Waals surface area (Å²) in [5.74, 6) is -2.01. The third kappa shape index (κ3) is 5.55. The first-order valence-corrected chi connectivity index (χ1v) is 7.68. The molecule has 2 amide bonds. The summed E-state index contributed by atoms with van der Waals surface area (Å²) in [6, 6.07) is 11.6. The van der Waals surface area contributed by atoms with E-state index < -0.39 is 17.8 Å². The van der Waals surface area contributed by atoms with Crippen molar-refractivity contribution in [2.24, 2.45) is 5.73 Å². The van der Waals surface area contributed by atoms with Crippen LogP contribution in [0.15, 0.2) is 54.6 Å². The molecule has 2 aromatic rings. The minimum absolute atomic E-state index is 0.171. The van der Waals surface area contributed by atoms with Gasteiger partial charge in [-0.2, -0.15) is 0 Å². The number of ether oxygens (including phenoxy) is 1. The van der Waals surface area contributed by atoms with Crippen molar-refractivity contribution < 1.29 is 23.5 Å². The molecule has 0 aliphatic heterocycles. The maximum Gasteiger partial charge on any atom is 0.336 e. The van der Waals surface area contributed by atoms with Crippen molar-refractivity contribution in [3.8, 4) is 5.75 Å². The topological polar surface area (TPSA) is 98.5 Å². The summed E-state index contributed by atoms with van der Waals surface area (Å²) in [4.78, 5) is 34.6. The van der Waals surface area contributed by atoms with E-state index in [1.54, 1.807) is 25.1 Å². The van der Waals surface area contributed by atoms with E-state index in [2.05, 4.69) is 5.32 Å². The monoisotopic (exact) mass is 356 g/mol. The van der Waals surface area contributed by atoms with Crippen LogP contribution in [-0.2, 0) is 9.59 Å². The number of nitrogens with one attached hydrogen (secondary N) is 1. The molecule has 0 saturated heterocycles. The molecule has 0 aromatic heterocycles. The van der Waals surface area contributed by atoms with Crippen LogP contribution in [-0.4, -0.2) is 24.3 Å². The Hall–Kier alpha value is -3.48. The van der Waals surface area contributed by atoms with Gasteiger partial charge in [0.15, 0.2) is 0 Å². The largest absolute Gasteiger partial charge is 0.423 e. The number of benzene rings is 2. The van der Waals surface area contributed by atoms with Gasteiger partial charge in [0.1, 0.15) is 11.6 Å². The fourth-order valence-electron chi connectivity index (χ4n) is 2.09. The lowest BCUT2D eigenvalue weighted by Gasteiger charge is -2.06. The molecule has 0 saturated carbocycles. The van der Waals surface area contributed by atoms with E-state index in [9.17, 15) is 18.8 Å². The maximum atomic E-state index is 12.9. The van der Waals surface area contributed by atoms with Gasteiger partial charge < -0.3 is 15.8 Å². The highest BCUT2D eigenvalue weighted by molar-refractivity contribution is 5.97. The standard InChI is InChI=1S/C19H17FN2O4/c1-12(13-5-7-15(20)8-6-13)9-18(24)26-16-4-2-3-14(10-16)19(25)22-11-17(21)23/h2-10H,11H2,1H3,(H2,21,23)(H,22,25). The van der Waals surface area contributed by atoms with Crippen molar-refractivity contribution in [2.75, 3.05) is 6.54 Å². The second-order valence-corrected chi connectivity index (χ2v) is 5.43. The molecular weight excluding hydrogens is 339 g/mol. The fourth-order valence-corrected chi connectivity index (χ4v) is 2.09. The molecule has 6 nitrogen and oxygen atoms in total. The lowest BCUT2D eigenvalue weighted by atomic mass is 10.1. The normalized spacial score (nSPS) is 10.9. The quantitative estimate of drug-likeness (QED) is 0.470. The Bertz CT molecular complexity index is 860. The zero-order valence-electron chi connectivity index (χ0n) is 14.0. The number of nitrogens with two attached hydrogens (primary N) is 1. The average Bonchev–Trinajstić information content (AvgIpc) is 2.60. The van der Waals surface area contributed by atoms with Crippen LogP contribution in [0, 0.1) is 5.82 Å². The number of halogens is 1. The summed E-state index contributed by atoms with van der Waals surface area (Å²) in [5, 5.41) is 2.34. The second-order valence-electron chi connectivity index (χ2n) is 5.43. The molecule has 7 heteroatoms. The lowest BCUT2D eigenvalue weighted by Crippen LogP contribution is -2.33. The lowest BCUT2D eigenvalue weighted by molar-refractivity contribution is -0.129. The molecule has 2 aromatic carbocycles. The van der Waals surface area contributed by atoms with Gasteiger partial charge in [0, 0.05) is 11.6 Å². The number of carbonyl (C=O) groups is 3. The van der Waals surface area contributed by atoms with E-state index in [1.807, 2.05) is 0 Å². The highest BCUT2D eigenvalue weighted by atomic mass is 19.1. The van der Waals surface area contributed by atoms with E-state index in [4.69, 9.17) is 10.5 Å². The van der Waals surface area contributed by atoms with Crippen molar-refractivity contribution in [1.29, 1.82) is 0 Å². The zero-order chi connectivity index (χ0) is 19.1. The molecular formula is C19H17FN2O4. The number of rotatable bonds is 6. The smallest absolute Gasteiger partial charge is 0.336 e. The van der Waals surface area contributed by atoms with E-state index >= 15 is 0 Å². The molecule has 0 aliphatic carbocycles. The Morgan fingerprint density at radius 3 is 2.46 bits per heavy atom. The molecule has 26 heavy (non-hydrogen) atoms. The van der Waals surface area contributed by atoms with Crippen LogP contribution >= 0.6 is 0 Å². The summed E-state index contributed by atoms with van der Waals surface area (Å²) in [7, 11) is 0. The molecule has 0 unspecified atom stereocenters. The van der Waals surface area contributed by atoms with Gasteiger partial charge in [-0.1, -0.05) is 18.2 Å². The minimum Gasteiger partial charge on any atom is -0.423 e. The summed E-state index contributed by atoms with van der Waals surface area (Å²) in [6.07, 6.45) is 1.27. The number of hydrogen-bond donors (Lipinski definition) is 2. The van der Waals surface area contributed by atoms with Crippen molar-refractivity contribution in [2.45, 2.75) is 6.92 Å². The molecule has 0 radical (unpaired) electrons. The molecule has 2 rings (SSSR count). The van der Waals surface area contributed by atoms with Crippen LogP contribution in [0.4, 0.5) is 4.39 Å². The predicted molar refractivity (Wildman–Crippen MR) is 93.7 cm³/mol. The number of primary amides is 1. The number of amides is 2. The number of esters is 1. The number of hydrogen-bond acceptors (Lipinski definition) is 4. The predicted octanol–water partition coefficient (Wildman–Crippen LogP) is 2.05. The SMILES string of the molecule is CC(=CC(=O)Oc1cccc(C(=O)NCC(N)=O)c1)c1ccc(F)cc1. The van der Waals surface area contributed by atoms with Crippen molar-refractivity contribution >= 4 is 23.4 Å². The maximum absolute atomic E-state index is 12.9. The first-order valence-electron chi connectivity index (χ1n) is 7.68. The molecule has 134 valence electrons. The van der Waals surface area contributed by atoms with Crippen LogP contribution in [0.1, 0.15) is 22.8 Å². The van der Waals surface area contributed by atoms with Gasteiger partial charge in [0.05, 0.1) is 6.54 Å². The van der Waals surface area contributed by atoms with Crippen LogP contribution in [0.2, 0.25) is 0 Å². The van der Waals surface area contributed by atoms with Gasteiger partial charge in [-0.3, -0.25) is 9.59 Å². The molecule has 0 fully saturated rings. The second kappa shape index (κ2) is 8.57. The third-order valence-electron chi connectivity index (χ3n) is 3.37. The third-order valence-corrected chi connectivity index (χ3v) is 3.37. The first kappa shape index (κ1) is 18.9. The van der Waals surface area contributed by atoms with Gasteiger partial charge in [-0.15, -0.1) is 0 Å². The highest BCUT2D eigenvalue weighted by Gasteiger charge is 2.09. The highest BCUT2D eigenvalue weighted by Crippen LogP contribution is 2.17. The van der Waals surface area contributed by atoms with E-state index in [-0.39, 0.29) is 23.7 Å². The molecule has 0 bridgehead atoms. The fraction of sp³-hybridized carbons (Fsp3) is 0.105. The van der Waals surface area contributed by atoms with E-state index in [0.717, 1.165) is 0 Å². The molecule has 3 N–H and O–H groups in total. The number of carbonyl (C=O) groups excluding carboxylic acids is 3. The van der Waals surface area contributed by atoms with Crippen molar-refractivity contribution in [3.05, 3.63) is 71.6 Å². The molecule has 0 aliphatic rings. The van der Waals surface area contributed by atoms with Crippen molar-refractivity contribution in [1.82, 2.24) is 5.32 Å². The van der Waals surface area contributed by atoms with Crippen LogP contribution in [0.3, 0.4) is 0 Å². The van der Waals surface area contributed by atoms with Crippen LogP contribution in [0.5, 0.6) is 5.75 Å². The van der Waals surface area contributed by atoms with Gasteiger partial charge in [-0.25, -0.2) is 9.18 Å². The Morgan fingerprint density at radius 1 is 1.12 bits per heavy atom. The average molecular weight is 356 g/mol. The summed E-state index contributed by atoms with van der Waals surface area (Å²) in [5.41, 5.74) is 6.47.